The van der Waals surface area contributed by atoms with Crippen molar-refractivity contribution < 1.29 is 9.63 Å². The second kappa shape index (κ2) is 5.32. The van der Waals surface area contributed by atoms with E-state index in [-0.39, 0.29) is 29.6 Å². The maximum atomic E-state index is 10.7. The van der Waals surface area contributed by atoms with Gasteiger partial charge in [0.2, 0.25) is 0 Å². The molecular formula is C7H7NNaO2. The monoisotopic (exact) mass is 160 g/mol. The van der Waals surface area contributed by atoms with Crippen LogP contribution in [0.4, 0.5) is 0 Å². The summed E-state index contributed by atoms with van der Waals surface area (Å²) in [5.41, 5.74) is 0.463. The van der Waals surface area contributed by atoms with Crippen molar-refractivity contribution >= 4 is 35.5 Å². The van der Waals surface area contributed by atoms with Gasteiger partial charge in [0.15, 0.2) is 0 Å². The van der Waals surface area contributed by atoms with E-state index in [1.54, 1.807) is 24.3 Å². The Hall–Kier alpha value is -0.350. The number of rotatable bonds is 1. The average molecular weight is 160 g/mol. The molecule has 1 radical (unpaired) electrons. The summed E-state index contributed by atoms with van der Waals surface area (Å²) in [5, 5.41) is 0. The Kier molecular flexibility index (Phi) is 5.15. The summed E-state index contributed by atoms with van der Waals surface area (Å²) < 4.78 is 0. The normalized spacial score (nSPS) is 8.09. The summed E-state index contributed by atoms with van der Waals surface area (Å²) in [6.45, 7) is 0. The molecule has 1 rings (SSSR count). The van der Waals surface area contributed by atoms with Crippen LogP contribution >= 0.6 is 0 Å². The zero-order chi connectivity index (χ0) is 7.40. The van der Waals surface area contributed by atoms with Gasteiger partial charge in [-0.2, -0.15) is 5.90 Å². The molecule has 0 aliphatic heterocycles. The van der Waals surface area contributed by atoms with E-state index < -0.39 is 5.97 Å². The predicted octanol–water partition coefficient (Wildman–Crippen LogP) is 0.336. The Bertz CT molecular complexity index is 225. The summed E-state index contributed by atoms with van der Waals surface area (Å²) in [5.74, 6) is 4.14. The minimum absolute atomic E-state index is 0. The third-order valence-corrected chi connectivity index (χ3v) is 1.12. The minimum atomic E-state index is -0.513. The van der Waals surface area contributed by atoms with Gasteiger partial charge in [-0.25, -0.2) is 4.79 Å². The summed E-state index contributed by atoms with van der Waals surface area (Å²) in [6.07, 6.45) is 0. The van der Waals surface area contributed by atoms with Crippen molar-refractivity contribution in [3.63, 3.8) is 0 Å². The van der Waals surface area contributed by atoms with Crippen LogP contribution in [0.25, 0.3) is 0 Å². The van der Waals surface area contributed by atoms with Crippen molar-refractivity contribution in [1.29, 1.82) is 0 Å². The van der Waals surface area contributed by atoms with Crippen LogP contribution in [0, 0.1) is 0 Å². The molecule has 0 saturated heterocycles. The van der Waals surface area contributed by atoms with Crippen LogP contribution in [0.1, 0.15) is 10.4 Å². The van der Waals surface area contributed by atoms with Gasteiger partial charge in [-0.15, -0.1) is 0 Å². The second-order valence-corrected chi connectivity index (χ2v) is 1.77. The topological polar surface area (TPSA) is 52.3 Å². The molecule has 0 aliphatic rings. The molecule has 1 aromatic rings. The fraction of sp³-hybridized carbons (Fsp3) is 0. The molecular weight excluding hydrogens is 153 g/mol. The van der Waals surface area contributed by atoms with Gasteiger partial charge in [-0.1, -0.05) is 18.2 Å². The third kappa shape index (κ3) is 3.03. The van der Waals surface area contributed by atoms with Crippen LogP contribution in [-0.4, -0.2) is 35.5 Å². The van der Waals surface area contributed by atoms with Crippen LogP contribution in [-0.2, 0) is 4.84 Å². The zero-order valence-electron chi connectivity index (χ0n) is 6.28. The molecule has 0 amide bonds. The van der Waals surface area contributed by atoms with Crippen molar-refractivity contribution in [2.45, 2.75) is 0 Å². The molecule has 11 heavy (non-hydrogen) atoms. The standard InChI is InChI=1S/C7H7NO2.Na/c8-10-7(9)6-4-2-1-3-5-6;/h1-5H,8H2;. The van der Waals surface area contributed by atoms with E-state index >= 15 is 0 Å². The number of hydrogen-bond acceptors (Lipinski definition) is 3. The van der Waals surface area contributed by atoms with Gasteiger partial charge in [-0.05, 0) is 12.1 Å². The molecule has 2 N–H and O–H groups in total. The van der Waals surface area contributed by atoms with Gasteiger partial charge >= 0.3 is 5.97 Å². The number of benzene rings is 1. The largest absolute Gasteiger partial charge is 0.370 e. The molecule has 0 atom stereocenters. The van der Waals surface area contributed by atoms with Gasteiger partial charge in [0.25, 0.3) is 0 Å². The molecule has 0 fully saturated rings. The molecule has 3 nitrogen and oxygen atoms in total. The molecule has 0 spiro atoms. The van der Waals surface area contributed by atoms with Gasteiger partial charge in [0.1, 0.15) is 0 Å². The Labute approximate surface area is 86.8 Å². The van der Waals surface area contributed by atoms with Crippen LogP contribution < -0.4 is 5.90 Å². The van der Waals surface area contributed by atoms with Gasteiger partial charge in [0.05, 0.1) is 5.56 Å². The quantitative estimate of drug-likeness (QED) is 0.476. The maximum absolute atomic E-state index is 10.7. The van der Waals surface area contributed by atoms with Crippen molar-refractivity contribution in [2.24, 2.45) is 5.90 Å². The Balaban J connectivity index is 0.000001000. The van der Waals surface area contributed by atoms with Crippen molar-refractivity contribution in [1.82, 2.24) is 0 Å². The fourth-order valence-electron chi connectivity index (χ4n) is 0.642. The van der Waals surface area contributed by atoms with Gasteiger partial charge < -0.3 is 4.84 Å². The minimum Gasteiger partial charge on any atom is -0.370 e. The van der Waals surface area contributed by atoms with Gasteiger partial charge in [0, 0.05) is 29.6 Å². The zero-order valence-corrected chi connectivity index (χ0v) is 8.28. The van der Waals surface area contributed by atoms with Gasteiger partial charge in [-0.3, -0.25) is 0 Å². The molecule has 53 valence electrons. The van der Waals surface area contributed by atoms with Crippen molar-refractivity contribution in [3.05, 3.63) is 35.9 Å². The second-order valence-electron chi connectivity index (χ2n) is 1.77. The Morgan fingerprint density at radius 3 is 2.27 bits per heavy atom. The smallest absolute Gasteiger partial charge is 0.356 e. The summed E-state index contributed by atoms with van der Waals surface area (Å²) in [4.78, 5) is 14.7. The van der Waals surface area contributed by atoms with Crippen molar-refractivity contribution in [3.8, 4) is 0 Å². The molecule has 0 aliphatic carbocycles. The maximum Gasteiger partial charge on any atom is 0.356 e. The van der Waals surface area contributed by atoms with Crippen LogP contribution in [0.15, 0.2) is 30.3 Å². The summed E-state index contributed by atoms with van der Waals surface area (Å²) >= 11 is 0. The van der Waals surface area contributed by atoms with Crippen LogP contribution in [0.5, 0.6) is 0 Å². The van der Waals surface area contributed by atoms with E-state index in [1.165, 1.54) is 0 Å². The number of carbonyl (C=O) groups is 1. The average Bonchev–Trinajstić information content (AvgIpc) is 2.05. The first-order chi connectivity index (χ1) is 4.84. The number of carbonyl (C=O) groups excluding carboxylic acids is 1. The molecule has 0 heterocycles. The van der Waals surface area contributed by atoms with E-state index in [2.05, 4.69) is 10.7 Å². The van der Waals surface area contributed by atoms with Crippen LogP contribution in [0.2, 0.25) is 0 Å². The Morgan fingerprint density at radius 1 is 1.27 bits per heavy atom. The third-order valence-electron chi connectivity index (χ3n) is 1.12. The molecule has 0 aromatic heterocycles. The first-order valence-electron chi connectivity index (χ1n) is 2.80. The van der Waals surface area contributed by atoms with E-state index in [0.29, 0.717) is 5.56 Å². The molecule has 4 heteroatoms. The summed E-state index contributed by atoms with van der Waals surface area (Å²) in [7, 11) is 0. The van der Waals surface area contributed by atoms with E-state index in [4.69, 9.17) is 0 Å². The summed E-state index contributed by atoms with van der Waals surface area (Å²) in [6, 6.07) is 8.57. The first kappa shape index (κ1) is 10.7. The predicted molar refractivity (Wildman–Crippen MR) is 41.8 cm³/mol. The van der Waals surface area contributed by atoms with E-state index in [1.807, 2.05) is 6.07 Å². The van der Waals surface area contributed by atoms with E-state index in [0.717, 1.165) is 0 Å². The number of hydrogen-bond donors (Lipinski definition) is 1. The Morgan fingerprint density at radius 2 is 1.82 bits per heavy atom. The fourth-order valence-corrected chi connectivity index (χ4v) is 0.642. The number of nitrogens with two attached hydrogens (primary N) is 1. The molecule has 0 saturated carbocycles. The first-order valence-corrected chi connectivity index (χ1v) is 2.80. The molecule has 1 aromatic carbocycles. The SMILES string of the molecule is NOC(=O)c1ccccc1.[Na]. The van der Waals surface area contributed by atoms with E-state index in [9.17, 15) is 4.79 Å². The molecule has 0 bridgehead atoms. The van der Waals surface area contributed by atoms with Crippen molar-refractivity contribution in [2.75, 3.05) is 0 Å². The van der Waals surface area contributed by atoms with Crippen LogP contribution in [0.3, 0.4) is 0 Å². The molecule has 0 unspecified atom stereocenters.